The summed E-state index contributed by atoms with van der Waals surface area (Å²) < 4.78 is 5.56. The molecule has 26 heavy (non-hydrogen) atoms. The molecule has 0 fully saturated rings. The Morgan fingerprint density at radius 1 is 1.08 bits per heavy atom. The van der Waals surface area contributed by atoms with Gasteiger partial charge in [0.2, 0.25) is 5.91 Å². The van der Waals surface area contributed by atoms with Gasteiger partial charge in [-0.05, 0) is 36.2 Å². The fourth-order valence-corrected chi connectivity index (χ4v) is 2.28. The van der Waals surface area contributed by atoms with Crippen LogP contribution in [0.4, 0.5) is 5.69 Å². The van der Waals surface area contributed by atoms with E-state index in [-0.39, 0.29) is 19.1 Å². The van der Waals surface area contributed by atoms with Crippen LogP contribution in [0.3, 0.4) is 0 Å². The molecule has 0 bridgehead atoms. The molecule has 3 amide bonds. The number of aryl methyl sites for hydroxylation is 1. The zero-order valence-corrected chi connectivity index (χ0v) is 14.5. The van der Waals surface area contributed by atoms with Crippen molar-refractivity contribution in [2.75, 3.05) is 18.5 Å². The first-order valence-corrected chi connectivity index (χ1v) is 8.16. The van der Waals surface area contributed by atoms with Crippen LogP contribution < -0.4 is 21.1 Å². The molecule has 2 rings (SSSR count). The van der Waals surface area contributed by atoms with Gasteiger partial charge in [-0.15, -0.1) is 0 Å². The SMILES string of the molecule is CCc1ccccc1OCC(=O)Nc1cccc(C(=O)NCC(N)=O)c1. The van der Waals surface area contributed by atoms with Crippen LogP contribution in [0.1, 0.15) is 22.8 Å². The van der Waals surface area contributed by atoms with Crippen LogP contribution >= 0.6 is 0 Å². The molecule has 7 heteroatoms. The third kappa shape index (κ3) is 5.62. The minimum atomic E-state index is -0.632. The number of nitrogens with one attached hydrogen (secondary N) is 2. The minimum absolute atomic E-state index is 0.144. The zero-order valence-electron chi connectivity index (χ0n) is 14.5. The molecule has 4 N–H and O–H groups in total. The van der Waals surface area contributed by atoms with Gasteiger partial charge in [-0.2, -0.15) is 0 Å². The number of carbonyl (C=O) groups is 3. The maximum atomic E-state index is 12.1. The molecule has 0 atom stereocenters. The minimum Gasteiger partial charge on any atom is -0.483 e. The summed E-state index contributed by atoms with van der Waals surface area (Å²) in [6, 6.07) is 13.9. The van der Waals surface area contributed by atoms with Gasteiger partial charge in [0.05, 0.1) is 6.54 Å². The van der Waals surface area contributed by atoms with Crippen molar-refractivity contribution in [3.8, 4) is 5.75 Å². The summed E-state index contributed by atoms with van der Waals surface area (Å²) in [5, 5.41) is 5.06. The lowest BCUT2D eigenvalue weighted by Crippen LogP contribution is -2.33. The number of nitrogens with two attached hydrogens (primary N) is 1. The van der Waals surface area contributed by atoms with Crippen LogP contribution in [0, 0.1) is 0 Å². The van der Waals surface area contributed by atoms with Crippen molar-refractivity contribution >= 4 is 23.4 Å². The third-order valence-electron chi connectivity index (χ3n) is 3.54. The number of rotatable bonds is 8. The highest BCUT2D eigenvalue weighted by atomic mass is 16.5. The Bertz CT molecular complexity index is 805. The largest absolute Gasteiger partial charge is 0.483 e. The number of benzene rings is 2. The Balaban J connectivity index is 1.93. The molecule has 2 aromatic rings. The van der Waals surface area contributed by atoms with Gasteiger partial charge in [-0.1, -0.05) is 31.2 Å². The highest BCUT2D eigenvalue weighted by molar-refractivity contribution is 5.98. The summed E-state index contributed by atoms with van der Waals surface area (Å²) in [6.07, 6.45) is 0.806. The van der Waals surface area contributed by atoms with E-state index in [0.717, 1.165) is 12.0 Å². The van der Waals surface area contributed by atoms with E-state index in [1.165, 1.54) is 6.07 Å². The molecule has 7 nitrogen and oxygen atoms in total. The normalized spacial score (nSPS) is 10.0. The van der Waals surface area contributed by atoms with E-state index in [0.29, 0.717) is 17.0 Å². The number of para-hydroxylation sites is 1. The second-order valence-electron chi connectivity index (χ2n) is 5.53. The van der Waals surface area contributed by atoms with E-state index in [4.69, 9.17) is 10.5 Å². The van der Waals surface area contributed by atoms with Crippen molar-refractivity contribution in [1.82, 2.24) is 5.32 Å². The highest BCUT2D eigenvalue weighted by Crippen LogP contribution is 2.18. The maximum absolute atomic E-state index is 12.1. The Morgan fingerprint density at radius 3 is 2.58 bits per heavy atom. The van der Waals surface area contributed by atoms with E-state index in [9.17, 15) is 14.4 Å². The average molecular weight is 355 g/mol. The molecule has 0 aliphatic carbocycles. The summed E-state index contributed by atoms with van der Waals surface area (Å²) >= 11 is 0. The standard InChI is InChI=1S/C19H21N3O4/c1-2-13-6-3-4-9-16(13)26-12-18(24)22-15-8-5-7-14(10-15)19(25)21-11-17(20)23/h3-10H,2,11-12H2,1H3,(H2,20,23)(H,21,25)(H,22,24). The van der Waals surface area contributed by atoms with E-state index in [1.54, 1.807) is 18.2 Å². The van der Waals surface area contributed by atoms with Gasteiger partial charge < -0.3 is 21.1 Å². The van der Waals surface area contributed by atoms with Crippen molar-refractivity contribution in [2.24, 2.45) is 5.73 Å². The molecule has 0 heterocycles. The van der Waals surface area contributed by atoms with Crippen molar-refractivity contribution in [2.45, 2.75) is 13.3 Å². The molecule has 0 aromatic heterocycles. The molecule has 0 aliphatic rings. The molecule has 0 saturated carbocycles. The number of hydrogen-bond acceptors (Lipinski definition) is 4. The molecule has 0 radical (unpaired) electrons. The molecule has 0 aliphatic heterocycles. The fraction of sp³-hybridized carbons (Fsp3) is 0.211. The molecule has 0 saturated heterocycles. The number of anilines is 1. The Labute approximate surface area is 151 Å². The van der Waals surface area contributed by atoms with Gasteiger partial charge in [0, 0.05) is 11.3 Å². The van der Waals surface area contributed by atoms with Crippen molar-refractivity contribution in [3.63, 3.8) is 0 Å². The van der Waals surface area contributed by atoms with E-state index < -0.39 is 11.8 Å². The number of primary amides is 1. The first kappa shape index (κ1) is 19.0. The molecule has 136 valence electrons. The summed E-state index contributed by atoms with van der Waals surface area (Å²) in [5.41, 5.74) is 6.77. The lowest BCUT2D eigenvalue weighted by Gasteiger charge is -2.11. The predicted octanol–water partition coefficient (Wildman–Crippen LogP) is 1.48. The van der Waals surface area contributed by atoms with Crippen LogP contribution in [0.15, 0.2) is 48.5 Å². The molecule has 2 aromatic carbocycles. The topological polar surface area (TPSA) is 111 Å². The van der Waals surface area contributed by atoms with Gasteiger partial charge in [0.15, 0.2) is 6.61 Å². The molecule has 0 spiro atoms. The van der Waals surface area contributed by atoms with Crippen LogP contribution in [0.25, 0.3) is 0 Å². The number of ether oxygens (including phenoxy) is 1. The van der Waals surface area contributed by atoms with Crippen LogP contribution in [-0.2, 0) is 16.0 Å². The first-order chi connectivity index (χ1) is 12.5. The number of carbonyl (C=O) groups excluding carboxylic acids is 3. The quantitative estimate of drug-likeness (QED) is 0.666. The van der Waals surface area contributed by atoms with Gasteiger partial charge >= 0.3 is 0 Å². The monoisotopic (exact) mass is 355 g/mol. The Morgan fingerprint density at radius 2 is 1.85 bits per heavy atom. The van der Waals surface area contributed by atoms with Crippen LogP contribution in [-0.4, -0.2) is 30.9 Å². The average Bonchev–Trinajstić information content (AvgIpc) is 2.64. The highest BCUT2D eigenvalue weighted by Gasteiger charge is 2.10. The third-order valence-corrected chi connectivity index (χ3v) is 3.54. The maximum Gasteiger partial charge on any atom is 0.262 e. The summed E-state index contributed by atoms with van der Waals surface area (Å²) in [4.78, 5) is 34.7. The van der Waals surface area contributed by atoms with E-state index in [2.05, 4.69) is 10.6 Å². The fourth-order valence-electron chi connectivity index (χ4n) is 2.28. The second-order valence-corrected chi connectivity index (χ2v) is 5.53. The number of amides is 3. The summed E-state index contributed by atoms with van der Waals surface area (Å²) in [7, 11) is 0. The van der Waals surface area contributed by atoms with Crippen LogP contribution in [0.5, 0.6) is 5.75 Å². The van der Waals surface area contributed by atoms with Gasteiger partial charge in [-0.25, -0.2) is 0 Å². The van der Waals surface area contributed by atoms with Gasteiger partial charge in [0.25, 0.3) is 11.8 Å². The van der Waals surface area contributed by atoms with Crippen molar-refractivity contribution < 1.29 is 19.1 Å². The summed E-state index contributed by atoms with van der Waals surface area (Å²) in [6.45, 7) is 1.62. The summed E-state index contributed by atoms with van der Waals surface area (Å²) in [5.74, 6) is -0.754. The van der Waals surface area contributed by atoms with Gasteiger partial charge in [0.1, 0.15) is 5.75 Å². The predicted molar refractivity (Wildman–Crippen MR) is 97.9 cm³/mol. The van der Waals surface area contributed by atoms with E-state index >= 15 is 0 Å². The lowest BCUT2D eigenvalue weighted by molar-refractivity contribution is -0.118. The van der Waals surface area contributed by atoms with Crippen molar-refractivity contribution in [3.05, 3.63) is 59.7 Å². The van der Waals surface area contributed by atoms with Gasteiger partial charge in [-0.3, -0.25) is 14.4 Å². The van der Waals surface area contributed by atoms with Crippen molar-refractivity contribution in [1.29, 1.82) is 0 Å². The lowest BCUT2D eigenvalue weighted by atomic mass is 10.1. The molecule has 0 unspecified atom stereocenters. The Kier molecular flexibility index (Phi) is 6.73. The number of hydrogen-bond donors (Lipinski definition) is 3. The Hall–Kier alpha value is -3.35. The molecular formula is C19H21N3O4. The van der Waals surface area contributed by atoms with E-state index in [1.807, 2.05) is 31.2 Å². The second kappa shape index (κ2) is 9.22. The smallest absolute Gasteiger partial charge is 0.262 e. The molecular weight excluding hydrogens is 334 g/mol. The zero-order chi connectivity index (χ0) is 18.9. The van der Waals surface area contributed by atoms with Crippen LogP contribution in [0.2, 0.25) is 0 Å². The first-order valence-electron chi connectivity index (χ1n) is 8.16.